The fourth-order valence-electron chi connectivity index (χ4n) is 5.40. The normalized spacial score (nSPS) is 26.8. The fraction of sp³-hybridized carbons (Fsp3) is 0.448. The second-order valence-corrected chi connectivity index (χ2v) is 10.7. The Morgan fingerprint density at radius 1 is 1.15 bits per heavy atom. The highest BCUT2D eigenvalue weighted by atomic mass is 16.5. The van der Waals surface area contributed by atoms with Crippen molar-refractivity contribution in [3.8, 4) is 6.07 Å². The maximum Gasteiger partial charge on any atom is 0.349 e. The summed E-state index contributed by atoms with van der Waals surface area (Å²) in [5, 5.41) is 9.81. The predicted octanol–water partition coefficient (Wildman–Crippen LogP) is 6.09. The van der Waals surface area contributed by atoms with Crippen molar-refractivity contribution in [1.29, 1.82) is 5.26 Å². The molecule has 1 aromatic carbocycles. The largest absolute Gasteiger partial charge is 0.461 e. The van der Waals surface area contributed by atoms with Crippen LogP contribution in [0.3, 0.4) is 0 Å². The second kappa shape index (κ2) is 9.43. The monoisotopic (exact) mass is 442 g/mol. The zero-order chi connectivity index (χ0) is 23.6. The van der Waals surface area contributed by atoms with Gasteiger partial charge in [-0.1, -0.05) is 56.4 Å². The molecule has 3 unspecified atom stereocenters. The number of nitriles is 1. The molecule has 0 amide bonds. The molecule has 33 heavy (non-hydrogen) atoms. The number of hydrogen-bond acceptors (Lipinski definition) is 4. The molecule has 1 aromatic rings. The van der Waals surface area contributed by atoms with Crippen LogP contribution in [-0.2, 0) is 9.53 Å². The number of allylic oxidation sites excluding steroid dienone is 6. The Kier molecular flexibility index (Phi) is 6.61. The molecule has 3 aliphatic carbocycles. The van der Waals surface area contributed by atoms with Crippen molar-refractivity contribution in [2.75, 3.05) is 25.6 Å². The van der Waals surface area contributed by atoms with Crippen molar-refractivity contribution in [2.24, 2.45) is 23.2 Å². The van der Waals surface area contributed by atoms with Crippen LogP contribution in [0.1, 0.15) is 45.1 Å². The lowest BCUT2D eigenvalue weighted by Crippen LogP contribution is -2.22. The first-order chi connectivity index (χ1) is 15.7. The topological polar surface area (TPSA) is 53.3 Å². The minimum atomic E-state index is -0.476. The predicted molar refractivity (Wildman–Crippen MR) is 133 cm³/mol. The van der Waals surface area contributed by atoms with Crippen LogP contribution in [0.25, 0.3) is 6.08 Å². The molecule has 3 atom stereocenters. The molecule has 0 spiro atoms. The summed E-state index contributed by atoms with van der Waals surface area (Å²) >= 11 is 0. The van der Waals surface area contributed by atoms with Gasteiger partial charge in [0.2, 0.25) is 0 Å². The first-order valence-corrected chi connectivity index (χ1v) is 11.9. The molecule has 4 rings (SSSR count). The maximum absolute atomic E-state index is 12.8. The number of rotatable bonds is 6. The Bertz CT molecular complexity index is 1060. The highest BCUT2D eigenvalue weighted by molar-refractivity contribution is 5.94. The van der Waals surface area contributed by atoms with E-state index >= 15 is 0 Å². The number of nitrogens with zero attached hydrogens (tertiary/aromatic N) is 2. The molecule has 4 nitrogen and oxygen atoms in total. The summed E-state index contributed by atoms with van der Waals surface area (Å²) in [7, 11) is 4.06. The van der Waals surface area contributed by atoms with Gasteiger partial charge in [0.25, 0.3) is 0 Å². The van der Waals surface area contributed by atoms with E-state index in [4.69, 9.17) is 4.74 Å². The van der Waals surface area contributed by atoms with Crippen molar-refractivity contribution in [1.82, 2.24) is 0 Å². The van der Waals surface area contributed by atoms with E-state index in [0.717, 1.165) is 35.2 Å². The molecular formula is C29H34N2O2. The summed E-state index contributed by atoms with van der Waals surface area (Å²) in [6.45, 7) is 4.77. The lowest BCUT2D eigenvalue weighted by Gasteiger charge is -2.31. The number of anilines is 1. The highest BCUT2D eigenvalue weighted by Crippen LogP contribution is 2.44. The van der Waals surface area contributed by atoms with Crippen LogP contribution in [0, 0.1) is 34.5 Å². The minimum absolute atomic E-state index is 0.0314. The van der Waals surface area contributed by atoms with Gasteiger partial charge in [-0.2, -0.15) is 5.26 Å². The van der Waals surface area contributed by atoms with Crippen molar-refractivity contribution < 1.29 is 9.53 Å². The number of carbonyl (C=O) groups excluding carboxylic acids is 1. The Morgan fingerprint density at radius 3 is 2.52 bits per heavy atom. The van der Waals surface area contributed by atoms with Gasteiger partial charge in [-0.25, -0.2) is 4.79 Å². The van der Waals surface area contributed by atoms with Gasteiger partial charge in [0.1, 0.15) is 11.6 Å². The van der Waals surface area contributed by atoms with Gasteiger partial charge in [0, 0.05) is 19.8 Å². The second-order valence-electron chi connectivity index (χ2n) is 10.7. The van der Waals surface area contributed by atoms with Crippen LogP contribution in [-0.4, -0.2) is 26.7 Å². The smallest absolute Gasteiger partial charge is 0.349 e. The molecule has 0 saturated heterocycles. The van der Waals surface area contributed by atoms with Crippen LogP contribution in [0.4, 0.5) is 5.69 Å². The van der Waals surface area contributed by atoms with Crippen molar-refractivity contribution in [3.05, 3.63) is 70.9 Å². The molecule has 1 fully saturated rings. The molecule has 0 heterocycles. The summed E-state index contributed by atoms with van der Waals surface area (Å²) in [6.07, 6.45) is 14.6. The van der Waals surface area contributed by atoms with E-state index in [1.807, 2.05) is 20.2 Å². The first-order valence-electron chi connectivity index (χ1n) is 11.9. The first kappa shape index (κ1) is 23.1. The summed E-state index contributed by atoms with van der Waals surface area (Å²) in [4.78, 5) is 14.9. The molecule has 0 aliphatic heterocycles. The van der Waals surface area contributed by atoms with Crippen LogP contribution in [0.15, 0.2) is 65.3 Å². The molecule has 2 bridgehead atoms. The van der Waals surface area contributed by atoms with Gasteiger partial charge < -0.3 is 9.64 Å². The number of carbonyl (C=O) groups is 1. The van der Waals surface area contributed by atoms with Gasteiger partial charge in [-0.3, -0.25) is 0 Å². The van der Waals surface area contributed by atoms with E-state index in [1.54, 1.807) is 0 Å². The summed E-state index contributed by atoms with van der Waals surface area (Å²) < 4.78 is 5.64. The summed E-state index contributed by atoms with van der Waals surface area (Å²) in [6, 6.07) is 10.5. The zero-order valence-electron chi connectivity index (χ0n) is 20.2. The van der Waals surface area contributed by atoms with Gasteiger partial charge in [-0.15, -0.1) is 0 Å². The highest BCUT2D eigenvalue weighted by Gasteiger charge is 2.36. The van der Waals surface area contributed by atoms with Gasteiger partial charge in [0.15, 0.2) is 0 Å². The minimum Gasteiger partial charge on any atom is -0.461 e. The van der Waals surface area contributed by atoms with E-state index < -0.39 is 5.97 Å². The average molecular weight is 443 g/mol. The molecule has 172 valence electrons. The Hall–Kier alpha value is -3.06. The van der Waals surface area contributed by atoms with Crippen LogP contribution in [0.2, 0.25) is 0 Å². The van der Waals surface area contributed by atoms with Crippen LogP contribution < -0.4 is 4.90 Å². The van der Waals surface area contributed by atoms with Gasteiger partial charge in [-0.05, 0) is 77.7 Å². The van der Waals surface area contributed by atoms with Gasteiger partial charge >= 0.3 is 5.97 Å². The Morgan fingerprint density at radius 2 is 1.91 bits per heavy atom. The molecular weight excluding hydrogens is 408 g/mol. The maximum atomic E-state index is 12.8. The molecule has 3 aliphatic rings. The molecule has 0 N–H and O–H groups in total. The van der Waals surface area contributed by atoms with Crippen molar-refractivity contribution in [2.45, 2.75) is 39.5 Å². The van der Waals surface area contributed by atoms with Crippen LogP contribution >= 0.6 is 0 Å². The Balaban J connectivity index is 1.50. The fourth-order valence-corrected chi connectivity index (χ4v) is 5.40. The third-order valence-electron chi connectivity index (χ3n) is 7.09. The van der Waals surface area contributed by atoms with Crippen LogP contribution in [0.5, 0.6) is 0 Å². The number of esters is 1. The van der Waals surface area contributed by atoms with E-state index in [2.05, 4.69) is 73.4 Å². The van der Waals surface area contributed by atoms with Crippen molar-refractivity contribution in [3.63, 3.8) is 0 Å². The molecule has 1 saturated carbocycles. The van der Waals surface area contributed by atoms with Gasteiger partial charge in [0.05, 0.1) is 6.61 Å². The molecule has 0 aromatic heterocycles. The number of fused-ring (bicyclic) bond motifs is 2. The molecule has 0 radical (unpaired) electrons. The number of benzene rings is 1. The average Bonchev–Trinajstić information content (AvgIpc) is 3.39. The number of hydrogen-bond donors (Lipinski definition) is 0. The quantitative estimate of drug-likeness (QED) is 0.232. The Labute approximate surface area is 197 Å². The van der Waals surface area contributed by atoms with E-state index in [9.17, 15) is 10.1 Å². The lowest BCUT2D eigenvalue weighted by molar-refractivity contribution is -0.140. The summed E-state index contributed by atoms with van der Waals surface area (Å²) in [5.74, 6) is 1.08. The SMILES string of the molecule is CN(C)c1ccc(/C=C/C2=CC(=C(/C#N)C(=O)OCC3CC4C=CC3C4)/CC(C)(C)C2)cc1. The standard InChI is InChI=1S/C29H34N2O2/c1-29(2)16-22(6-5-20-8-11-26(12-9-20)31(3)4)15-24(17-29)27(18-30)28(32)33-19-25-14-21-7-10-23(25)13-21/h5-12,15,21,23,25H,13-14,16-17,19H2,1-4H3/b6-5+,27-24+. The number of ether oxygens (including phenoxy) is 1. The van der Waals surface area contributed by atoms with E-state index in [1.165, 1.54) is 6.42 Å². The lowest BCUT2D eigenvalue weighted by atomic mass is 9.74. The molecule has 4 heteroatoms. The third-order valence-corrected chi connectivity index (χ3v) is 7.09. The zero-order valence-corrected chi connectivity index (χ0v) is 20.2. The van der Waals surface area contributed by atoms with E-state index in [0.29, 0.717) is 30.8 Å². The summed E-state index contributed by atoms with van der Waals surface area (Å²) in [5.41, 5.74) is 4.31. The third kappa shape index (κ3) is 5.47. The van der Waals surface area contributed by atoms with Crippen molar-refractivity contribution >= 4 is 17.7 Å². The van der Waals surface area contributed by atoms with E-state index in [-0.39, 0.29) is 11.0 Å².